The molecule has 0 saturated carbocycles. The number of nitrogens with one attached hydrogen (secondary N) is 1. The van der Waals surface area contributed by atoms with E-state index < -0.39 is 17.8 Å². The number of nitrogens with two attached hydrogens (primary N) is 1. The number of rotatable bonds is 5. The molecule has 1 unspecified atom stereocenters. The van der Waals surface area contributed by atoms with Crippen molar-refractivity contribution in [3.63, 3.8) is 0 Å². The van der Waals surface area contributed by atoms with Crippen LogP contribution < -0.4 is 11.1 Å². The van der Waals surface area contributed by atoms with Crippen LogP contribution in [0.5, 0.6) is 0 Å². The third-order valence-corrected chi connectivity index (χ3v) is 2.36. The normalized spacial score (nSPS) is 13.4. The summed E-state index contributed by atoms with van der Waals surface area (Å²) in [5, 5.41) is 11.6. The second kappa shape index (κ2) is 5.85. The molecule has 0 fully saturated rings. The number of aliphatic hydroxyl groups excluding tert-OH is 1. The zero-order valence-electron chi connectivity index (χ0n) is 9.83. The highest BCUT2D eigenvalue weighted by Gasteiger charge is 2.33. The number of nitrogens with zero attached hydrogens (tertiary/aromatic N) is 2. The number of hydrogen-bond acceptors (Lipinski definition) is 5. The van der Waals surface area contributed by atoms with E-state index in [0.717, 1.165) is 6.07 Å². The van der Waals surface area contributed by atoms with Gasteiger partial charge in [-0.05, 0) is 12.8 Å². The van der Waals surface area contributed by atoms with Gasteiger partial charge in [-0.3, -0.25) is 0 Å². The van der Waals surface area contributed by atoms with Gasteiger partial charge >= 0.3 is 6.18 Å². The average molecular weight is 264 g/mol. The smallest absolute Gasteiger partial charge is 0.396 e. The highest BCUT2D eigenvalue weighted by atomic mass is 19.4. The minimum Gasteiger partial charge on any atom is -0.396 e. The summed E-state index contributed by atoms with van der Waals surface area (Å²) in [4.78, 5) is 6.83. The van der Waals surface area contributed by atoms with Crippen molar-refractivity contribution in [3.05, 3.63) is 11.8 Å². The number of hydrogen-bond donors (Lipinski definition) is 3. The fourth-order valence-corrected chi connectivity index (χ4v) is 1.43. The van der Waals surface area contributed by atoms with Crippen LogP contribution in [-0.4, -0.2) is 27.7 Å². The summed E-state index contributed by atoms with van der Waals surface area (Å²) < 4.78 is 37.5. The van der Waals surface area contributed by atoms with Crippen LogP contribution in [0.2, 0.25) is 0 Å². The summed E-state index contributed by atoms with van der Waals surface area (Å²) in [6.07, 6.45) is -3.50. The Hall–Kier alpha value is -1.57. The van der Waals surface area contributed by atoms with Crippen molar-refractivity contribution >= 4 is 11.8 Å². The maximum Gasteiger partial charge on any atom is 0.433 e. The largest absolute Gasteiger partial charge is 0.433 e. The standard InChI is InChI=1S/C10H15F3N4O/c1-2-6(3-4-18)15-8-5-7(10(11,12)13)16-9(14)17-8/h5-6,18H,2-4H2,1H3,(H3,14,15,16,17). The van der Waals surface area contributed by atoms with E-state index in [2.05, 4.69) is 15.3 Å². The molecule has 1 aromatic rings. The Balaban J connectivity index is 2.92. The molecule has 0 amide bonds. The van der Waals surface area contributed by atoms with Crippen molar-refractivity contribution < 1.29 is 18.3 Å². The highest BCUT2D eigenvalue weighted by molar-refractivity contribution is 5.42. The predicted molar refractivity (Wildman–Crippen MR) is 60.9 cm³/mol. The van der Waals surface area contributed by atoms with Crippen molar-refractivity contribution in [2.24, 2.45) is 0 Å². The number of anilines is 2. The van der Waals surface area contributed by atoms with Crippen LogP contribution in [0.15, 0.2) is 6.07 Å². The molecule has 0 aliphatic rings. The third-order valence-electron chi connectivity index (χ3n) is 2.36. The molecule has 0 spiro atoms. The molecule has 0 aliphatic carbocycles. The Bertz CT molecular complexity index is 397. The fraction of sp³-hybridized carbons (Fsp3) is 0.600. The summed E-state index contributed by atoms with van der Waals surface area (Å²) in [7, 11) is 0. The van der Waals surface area contributed by atoms with Gasteiger partial charge in [0.2, 0.25) is 5.95 Å². The molecule has 0 aliphatic heterocycles. The van der Waals surface area contributed by atoms with Crippen molar-refractivity contribution in [1.29, 1.82) is 0 Å². The molecule has 4 N–H and O–H groups in total. The summed E-state index contributed by atoms with van der Waals surface area (Å²) in [5.74, 6) is -0.429. The lowest BCUT2D eigenvalue weighted by atomic mass is 10.1. The minimum absolute atomic E-state index is 0.00938. The van der Waals surface area contributed by atoms with Crippen molar-refractivity contribution in [2.45, 2.75) is 32.0 Å². The van der Waals surface area contributed by atoms with E-state index in [9.17, 15) is 13.2 Å². The van der Waals surface area contributed by atoms with E-state index in [-0.39, 0.29) is 18.5 Å². The van der Waals surface area contributed by atoms with Gasteiger partial charge in [0, 0.05) is 18.7 Å². The van der Waals surface area contributed by atoms with Gasteiger partial charge in [-0.1, -0.05) is 6.92 Å². The first-order valence-electron chi connectivity index (χ1n) is 5.46. The summed E-state index contributed by atoms with van der Waals surface area (Å²) in [5.41, 5.74) is 4.15. The molecule has 0 radical (unpaired) electrons. The van der Waals surface area contributed by atoms with Crippen LogP contribution in [0, 0.1) is 0 Å². The first-order valence-corrected chi connectivity index (χ1v) is 5.46. The predicted octanol–water partition coefficient (Wildman–Crippen LogP) is 1.65. The molecule has 0 bridgehead atoms. The molecule has 1 heterocycles. The van der Waals surface area contributed by atoms with Gasteiger partial charge in [0.25, 0.3) is 0 Å². The molecular formula is C10H15F3N4O. The first kappa shape index (κ1) is 14.5. The van der Waals surface area contributed by atoms with E-state index >= 15 is 0 Å². The number of aromatic nitrogens is 2. The zero-order valence-corrected chi connectivity index (χ0v) is 9.83. The van der Waals surface area contributed by atoms with Crippen LogP contribution in [0.3, 0.4) is 0 Å². The van der Waals surface area contributed by atoms with E-state index in [1.807, 2.05) is 6.92 Å². The minimum atomic E-state index is -4.56. The van der Waals surface area contributed by atoms with Gasteiger partial charge in [0.15, 0.2) is 5.69 Å². The van der Waals surface area contributed by atoms with E-state index in [1.165, 1.54) is 0 Å². The molecule has 18 heavy (non-hydrogen) atoms. The van der Waals surface area contributed by atoms with Gasteiger partial charge in [-0.2, -0.15) is 18.2 Å². The molecule has 5 nitrogen and oxygen atoms in total. The zero-order chi connectivity index (χ0) is 13.8. The number of aliphatic hydroxyl groups is 1. The van der Waals surface area contributed by atoms with Crippen LogP contribution in [0.25, 0.3) is 0 Å². The van der Waals surface area contributed by atoms with E-state index in [4.69, 9.17) is 10.8 Å². The Kier molecular flexibility index (Phi) is 4.71. The lowest BCUT2D eigenvalue weighted by Crippen LogP contribution is -2.22. The SMILES string of the molecule is CCC(CCO)Nc1cc(C(F)(F)F)nc(N)n1. The molecule has 0 aromatic carbocycles. The molecule has 102 valence electrons. The van der Waals surface area contributed by atoms with Gasteiger partial charge in [-0.25, -0.2) is 4.98 Å². The maximum atomic E-state index is 12.5. The third kappa shape index (κ3) is 4.02. The van der Waals surface area contributed by atoms with Gasteiger partial charge < -0.3 is 16.2 Å². The molecule has 0 saturated heterocycles. The van der Waals surface area contributed by atoms with Gasteiger partial charge in [-0.15, -0.1) is 0 Å². The quantitative estimate of drug-likeness (QED) is 0.753. The van der Waals surface area contributed by atoms with Crippen molar-refractivity contribution in [1.82, 2.24) is 9.97 Å². The van der Waals surface area contributed by atoms with Gasteiger partial charge in [0.05, 0.1) is 0 Å². The van der Waals surface area contributed by atoms with Crippen molar-refractivity contribution in [3.8, 4) is 0 Å². The highest BCUT2D eigenvalue weighted by Crippen LogP contribution is 2.29. The average Bonchev–Trinajstić information content (AvgIpc) is 2.26. The first-order chi connectivity index (χ1) is 8.36. The molecule has 8 heteroatoms. The maximum absolute atomic E-state index is 12.5. The second-order valence-corrected chi connectivity index (χ2v) is 3.76. The topological polar surface area (TPSA) is 84.1 Å². The molecule has 1 aromatic heterocycles. The summed E-state index contributed by atoms with van der Waals surface area (Å²) in [6, 6.07) is 0.640. The van der Waals surface area contributed by atoms with Crippen LogP contribution in [-0.2, 0) is 6.18 Å². The van der Waals surface area contributed by atoms with Gasteiger partial charge in [0.1, 0.15) is 5.82 Å². The summed E-state index contributed by atoms with van der Waals surface area (Å²) >= 11 is 0. The van der Waals surface area contributed by atoms with E-state index in [0.29, 0.717) is 12.8 Å². The number of alkyl halides is 3. The fourth-order valence-electron chi connectivity index (χ4n) is 1.43. The van der Waals surface area contributed by atoms with Crippen LogP contribution in [0.1, 0.15) is 25.5 Å². The lowest BCUT2D eigenvalue weighted by molar-refractivity contribution is -0.141. The Morgan fingerprint density at radius 2 is 2.11 bits per heavy atom. The number of halogens is 3. The number of nitrogen functional groups attached to an aromatic ring is 1. The Labute approximate surface area is 102 Å². The molecular weight excluding hydrogens is 249 g/mol. The molecule has 1 rings (SSSR count). The second-order valence-electron chi connectivity index (χ2n) is 3.76. The monoisotopic (exact) mass is 264 g/mol. The van der Waals surface area contributed by atoms with Crippen LogP contribution >= 0.6 is 0 Å². The Morgan fingerprint density at radius 3 is 2.61 bits per heavy atom. The molecule has 1 atom stereocenters. The lowest BCUT2D eigenvalue weighted by Gasteiger charge is -2.17. The van der Waals surface area contributed by atoms with E-state index in [1.54, 1.807) is 0 Å². The van der Waals surface area contributed by atoms with Crippen molar-refractivity contribution in [2.75, 3.05) is 17.7 Å². The summed E-state index contributed by atoms with van der Waals surface area (Å²) in [6.45, 7) is 1.79. The Morgan fingerprint density at radius 1 is 1.44 bits per heavy atom. The van der Waals surface area contributed by atoms with Crippen LogP contribution in [0.4, 0.5) is 24.9 Å².